The van der Waals surface area contributed by atoms with E-state index in [9.17, 15) is 9.59 Å². The van der Waals surface area contributed by atoms with Gasteiger partial charge < -0.3 is 14.2 Å². The third-order valence-electron chi connectivity index (χ3n) is 3.48. The molecule has 112 valence electrons. The largest absolute Gasteiger partial charge is 0.509 e. The van der Waals surface area contributed by atoms with E-state index in [0.717, 1.165) is 5.56 Å². The van der Waals surface area contributed by atoms with Gasteiger partial charge in [0.15, 0.2) is 6.10 Å². The summed E-state index contributed by atoms with van der Waals surface area (Å²) in [5.41, 5.74) is 1.16. The van der Waals surface area contributed by atoms with Crippen molar-refractivity contribution >= 4 is 11.9 Å². The van der Waals surface area contributed by atoms with Crippen molar-refractivity contribution in [1.82, 2.24) is 0 Å². The van der Waals surface area contributed by atoms with Gasteiger partial charge in [-0.1, -0.05) is 30.3 Å². The van der Waals surface area contributed by atoms with Gasteiger partial charge in [-0.2, -0.15) is 0 Å². The minimum absolute atomic E-state index is 0.303. The molecule has 2 aromatic carbocycles. The molecule has 0 saturated carbocycles. The molecule has 2 atom stereocenters. The molecule has 1 saturated heterocycles. The number of methoxy groups -OCH3 is 1. The Hall–Kier alpha value is -2.82. The van der Waals surface area contributed by atoms with Crippen LogP contribution >= 0.6 is 0 Å². The molecule has 0 amide bonds. The van der Waals surface area contributed by atoms with Crippen LogP contribution in [0.2, 0.25) is 0 Å². The Balaban J connectivity index is 1.87. The van der Waals surface area contributed by atoms with E-state index in [-0.39, 0.29) is 5.78 Å². The summed E-state index contributed by atoms with van der Waals surface area (Å²) in [6.45, 7) is 0. The average molecular weight is 298 g/mol. The fourth-order valence-corrected chi connectivity index (χ4v) is 2.35. The van der Waals surface area contributed by atoms with Crippen LogP contribution in [0.5, 0.6) is 5.75 Å². The number of cyclic esters (lactones) is 2. The SMILES string of the molecule is COc1ccc(C(=O)[C@@H]2OC(=O)O[C@H]2c2ccccc2)cc1. The lowest BCUT2D eigenvalue weighted by Gasteiger charge is -2.14. The molecule has 0 radical (unpaired) electrons. The first kappa shape index (κ1) is 14.1. The minimum atomic E-state index is -0.983. The van der Waals surface area contributed by atoms with Crippen LogP contribution < -0.4 is 4.74 Å². The average Bonchev–Trinajstić information content (AvgIpc) is 2.97. The molecule has 0 aliphatic carbocycles. The summed E-state index contributed by atoms with van der Waals surface area (Å²) in [5.74, 6) is 0.346. The van der Waals surface area contributed by atoms with E-state index in [1.807, 2.05) is 18.2 Å². The molecule has 22 heavy (non-hydrogen) atoms. The van der Waals surface area contributed by atoms with Crippen LogP contribution in [0, 0.1) is 0 Å². The lowest BCUT2D eigenvalue weighted by atomic mass is 9.97. The molecule has 5 nitrogen and oxygen atoms in total. The predicted octanol–water partition coefficient (Wildman–Crippen LogP) is 3.15. The van der Waals surface area contributed by atoms with Gasteiger partial charge in [-0.05, 0) is 29.8 Å². The molecule has 0 unspecified atom stereocenters. The Morgan fingerprint density at radius 1 is 1.00 bits per heavy atom. The van der Waals surface area contributed by atoms with E-state index in [0.29, 0.717) is 11.3 Å². The second kappa shape index (κ2) is 5.89. The summed E-state index contributed by atoms with van der Waals surface area (Å²) < 4.78 is 15.3. The van der Waals surface area contributed by atoms with Gasteiger partial charge in [-0.15, -0.1) is 0 Å². The van der Waals surface area contributed by atoms with E-state index in [2.05, 4.69) is 0 Å². The molecular formula is C17H14O5. The maximum absolute atomic E-state index is 12.6. The van der Waals surface area contributed by atoms with Gasteiger partial charge >= 0.3 is 6.16 Å². The molecule has 5 heteroatoms. The Morgan fingerprint density at radius 3 is 2.32 bits per heavy atom. The first-order chi connectivity index (χ1) is 10.7. The van der Waals surface area contributed by atoms with Gasteiger partial charge in [0.2, 0.25) is 11.9 Å². The number of hydrogen-bond acceptors (Lipinski definition) is 5. The lowest BCUT2D eigenvalue weighted by Crippen LogP contribution is -2.26. The molecule has 2 aromatic rings. The van der Waals surface area contributed by atoms with Gasteiger partial charge in [0.1, 0.15) is 5.75 Å². The Morgan fingerprint density at radius 2 is 1.68 bits per heavy atom. The molecule has 3 rings (SSSR count). The fraction of sp³-hybridized carbons (Fsp3) is 0.176. The van der Waals surface area contributed by atoms with Gasteiger partial charge in [0.05, 0.1) is 7.11 Å². The molecular weight excluding hydrogens is 284 g/mol. The summed E-state index contributed by atoms with van der Waals surface area (Å²) >= 11 is 0. The normalized spacial score (nSPS) is 20.1. The number of ketones is 1. The highest BCUT2D eigenvalue weighted by Crippen LogP contribution is 2.32. The molecule has 1 aliphatic heterocycles. The first-order valence-corrected chi connectivity index (χ1v) is 6.79. The van der Waals surface area contributed by atoms with Crippen molar-refractivity contribution in [3.8, 4) is 5.75 Å². The van der Waals surface area contributed by atoms with Crippen molar-refractivity contribution in [2.75, 3.05) is 7.11 Å². The number of carbonyl (C=O) groups excluding carboxylic acids is 2. The molecule has 0 spiro atoms. The highest BCUT2D eigenvalue weighted by molar-refractivity contribution is 6.01. The summed E-state index contributed by atoms with van der Waals surface area (Å²) in [5, 5.41) is 0. The van der Waals surface area contributed by atoms with E-state index >= 15 is 0 Å². The number of Topliss-reactive ketones (excluding diaryl/α,β-unsaturated/α-hetero) is 1. The zero-order valence-corrected chi connectivity index (χ0v) is 11.9. The van der Waals surface area contributed by atoms with E-state index in [1.165, 1.54) is 0 Å². The van der Waals surface area contributed by atoms with Crippen molar-refractivity contribution in [3.63, 3.8) is 0 Å². The summed E-state index contributed by atoms with van der Waals surface area (Å²) in [7, 11) is 1.55. The van der Waals surface area contributed by atoms with Crippen molar-refractivity contribution < 1.29 is 23.8 Å². The molecule has 1 fully saturated rings. The van der Waals surface area contributed by atoms with Crippen molar-refractivity contribution in [2.45, 2.75) is 12.2 Å². The van der Waals surface area contributed by atoms with E-state index in [4.69, 9.17) is 14.2 Å². The molecule has 0 N–H and O–H groups in total. The van der Waals surface area contributed by atoms with Gasteiger partial charge in [0, 0.05) is 5.56 Å². The zero-order chi connectivity index (χ0) is 15.5. The van der Waals surface area contributed by atoms with Crippen LogP contribution in [-0.4, -0.2) is 25.2 Å². The zero-order valence-electron chi connectivity index (χ0n) is 11.9. The fourth-order valence-electron chi connectivity index (χ4n) is 2.35. The van der Waals surface area contributed by atoms with Gasteiger partial charge in [0.25, 0.3) is 0 Å². The van der Waals surface area contributed by atoms with Crippen LogP contribution in [0.1, 0.15) is 22.0 Å². The Labute approximate surface area is 127 Å². The minimum Gasteiger partial charge on any atom is -0.497 e. The smallest absolute Gasteiger partial charge is 0.497 e. The number of rotatable bonds is 4. The standard InChI is InChI=1S/C17H14O5/c1-20-13-9-7-11(8-10-13)14(18)16-15(21-17(19)22-16)12-5-3-2-4-6-12/h2-10,15-16H,1H3/t15-,16-/m0/s1. The third-order valence-corrected chi connectivity index (χ3v) is 3.48. The topological polar surface area (TPSA) is 61.8 Å². The third kappa shape index (κ3) is 2.65. The summed E-state index contributed by atoms with van der Waals surface area (Å²) in [6, 6.07) is 15.7. The van der Waals surface area contributed by atoms with Crippen molar-refractivity contribution in [2.24, 2.45) is 0 Å². The maximum Gasteiger partial charge on any atom is 0.509 e. The van der Waals surface area contributed by atoms with Crippen LogP contribution in [-0.2, 0) is 9.47 Å². The number of ether oxygens (including phenoxy) is 3. The maximum atomic E-state index is 12.6. The lowest BCUT2D eigenvalue weighted by molar-refractivity contribution is 0.0716. The monoisotopic (exact) mass is 298 g/mol. The molecule has 0 aromatic heterocycles. The Kier molecular flexibility index (Phi) is 3.78. The Bertz CT molecular complexity index is 678. The van der Waals surface area contributed by atoms with Crippen LogP contribution in [0.4, 0.5) is 4.79 Å². The number of benzene rings is 2. The van der Waals surface area contributed by atoms with Gasteiger partial charge in [-0.25, -0.2) is 4.79 Å². The highest BCUT2D eigenvalue weighted by Gasteiger charge is 2.42. The van der Waals surface area contributed by atoms with E-state index < -0.39 is 18.4 Å². The quantitative estimate of drug-likeness (QED) is 0.641. The molecule has 1 aliphatic rings. The second-order valence-electron chi connectivity index (χ2n) is 4.83. The van der Waals surface area contributed by atoms with Gasteiger partial charge in [-0.3, -0.25) is 4.79 Å². The van der Waals surface area contributed by atoms with Crippen LogP contribution in [0.25, 0.3) is 0 Å². The summed E-state index contributed by atoms with van der Waals surface area (Å²) in [6.07, 6.45) is -2.55. The molecule has 1 heterocycles. The first-order valence-electron chi connectivity index (χ1n) is 6.79. The van der Waals surface area contributed by atoms with Crippen molar-refractivity contribution in [3.05, 3.63) is 65.7 Å². The molecule has 0 bridgehead atoms. The van der Waals surface area contributed by atoms with Crippen LogP contribution in [0.15, 0.2) is 54.6 Å². The predicted molar refractivity (Wildman–Crippen MR) is 77.9 cm³/mol. The van der Waals surface area contributed by atoms with Crippen LogP contribution in [0.3, 0.4) is 0 Å². The van der Waals surface area contributed by atoms with E-state index in [1.54, 1.807) is 43.5 Å². The summed E-state index contributed by atoms with van der Waals surface area (Å²) in [4.78, 5) is 24.0. The van der Waals surface area contributed by atoms with Crippen molar-refractivity contribution in [1.29, 1.82) is 0 Å². The number of carbonyl (C=O) groups is 2. The second-order valence-corrected chi connectivity index (χ2v) is 4.83. The number of hydrogen-bond donors (Lipinski definition) is 0. The highest BCUT2D eigenvalue weighted by atomic mass is 16.8.